The van der Waals surface area contributed by atoms with Crippen molar-refractivity contribution in [1.29, 1.82) is 0 Å². The molecule has 1 atom stereocenters. The van der Waals surface area contributed by atoms with E-state index in [0.29, 0.717) is 5.11 Å². The van der Waals surface area contributed by atoms with Gasteiger partial charge in [0.05, 0.1) is 13.2 Å². The Morgan fingerprint density at radius 1 is 1.14 bits per heavy atom. The quantitative estimate of drug-likeness (QED) is 0.829. The van der Waals surface area contributed by atoms with Crippen molar-refractivity contribution in [2.24, 2.45) is 0 Å². The number of ether oxygens (including phenoxy) is 1. The van der Waals surface area contributed by atoms with Crippen molar-refractivity contribution in [3.63, 3.8) is 0 Å². The Bertz CT molecular complexity index is 586. The van der Waals surface area contributed by atoms with Gasteiger partial charge in [0.1, 0.15) is 5.75 Å². The van der Waals surface area contributed by atoms with Gasteiger partial charge in [-0.05, 0) is 42.4 Å². The molecule has 2 aromatic carbocycles. The van der Waals surface area contributed by atoms with Crippen LogP contribution in [-0.2, 0) is 6.54 Å². The van der Waals surface area contributed by atoms with Crippen LogP contribution in [0, 0.1) is 0 Å². The number of nitrogens with one attached hydrogen (secondary N) is 2. The molecule has 0 aromatic heterocycles. The van der Waals surface area contributed by atoms with Crippen LogP contribution in [-0.4, -0.2) is 12.2 Å². The molecule has 0 aliphatic carbocycles. The number of hydrogen-bond acceptors (Lipinski definition) is 2. The fraction of sp³-hybridized carbons (Fsp3) is 0.235. The molecule has 0 saturated carbocycles. The summed E-state index contributed by atoms with van der Waals surface area (Å²) in [7, 11) is 1.67. The molecule has 0 aliphatic rings. The van der Waals surface area contributed by atoms with Crippen LogP contribution in [0.2, 0.25) is 0 Å². The molecule has 0 aliphatic heterocycles. The van der Waals surface area contributed by atoms with E-state index in [4.69, 9.17) is 17.0 Å². The van der Waals surface area contributed by atoms with Gasteiger partial charge >= 0.3 is 0 Å². The van der Waals surface area contributed by atoms with E-state index in [0.717, 1.165) is 17.9 Å². The molecule has 2 N–H and O–H groups in total. The molecular weight excluding hydrogens is 280 g/mol. The minimum atomic E-state index is 0.121. The lowest BCUT2D eigenvalue weighted by molar-refractivity contribution is 0.413. The highest BCUT2D eigenvalue weighted by atomic mass is 32.1. The SMILES string of the molecule is COc1cccc(C(C)NC(=S)NCc2ccccc2)c1. The summed E-state index contributed by atoms with van der Waals surface area (Å²) in [4.78, 5) is 0. The zero-order valence-electron chi connectivity index (χ0n) is 12.3. The maximum absolute atomic E-state index is 5.34. The number of benzene rings is 2. The topological polar surface area (TPSA) is 33.3 Å². The van der Waals surface area contributed by atoms with Crippen LogP contribution >= 0.6 is 12.2 Å². The summed E-state index contributed by atoms with van der Waals surface area (Å²) >= 11 is 5.34. The highest BCUT2D eigenvalue weighted by molar-refractivity contribution is 7.80. The van der Waals surface area contributed by atoms with Gasteiger partial charge in [-0.2, -0.15) is 0 Å². The third kappa shape index (κ3) is 4.76. The highest BCUT2D eigenvalue weighted by Gasteiger charge is 2.07. The van der Waals surface area contributed by atoms with Gasteiger partial charge in [-0.15, -0.1) is 0 Å². The monoisotopic (exact) mass is 300 g/mol. The van der Waals surface area contributed by atoms with Gasteiger partial charge in [-0.25, -0.2) is 0 Å². The Morgan fingerprint density at radius 3 is 2.62 bits per heavy atom. The second kappa shape index (κ2) is 7.64. The highest BCUT2D eigenvalue weighted by Crippen LogP contribution is 2.18. The van der Waals surface area contributed by atoms with Gasteiger partial charge in [0.2, 0.25) is 0 Å². The number of hydrogen-bond donors (Lipinski definition) is 2. The molecular formula is C17H20N2OS. The third-order valence-corrected chi connectivity index (χ3v) is 3.50. The fourth-order valence-corrected chi connectivity index (χ4v) is 2.27. The fourth-order valence-electron chi connectivity index (χ4n) is 2.02. The molecule has 0 amide bonds. The lowest BCUT2D eigenvalue weighted by Gasteiger charge is -2.18. The van der Waals surface area contributed by atoms with Crippen molar-refractivity contribution >= 4 is 17.3 Å². The van der Waals surface area contributed by atoms with Crippen LogP contribution in [0.25, 0.3) is 0 Å². The van der Waals surface area contributed by atoms with E-state index in [1.54, 1.807) is 7.11 Å². The Labute approximate surface area is 131 Å². The Kier molecular flexibility index (Phi) is 5.58. The van der Waals surface area contributed by atoms with Crippen molar-refractivity contribution < 1.29 is 4.74 Å². The summed E-state index contributed by atoms with van der Waals surface area (Å²) in [6.07, 6.45) is 0. The number of thiocarbonyl (C=S) groups is 1. The minimum absolute atomic E-state index is 0.121. The second-order valence-electron chi connectivity index (χ2n) is 4.81. The maximum atomic E-state index is 5.34. The number of methoxy groups -OCH3 is 1. The third-order valence-electron chi connectivity index (χ3n) is 3.24. The molecule has 0 fully saturated rings. The lowest BCUT2D eigenvalue weighted by atomic mass is 10.1. The van der Waals surface area contributed by atoms with Gasteiger partial charge in [-0.1, -0.05) is 42.5 Å². The standard InChI is InChI=1S/C17H20N2OS/c1-13(15-9-6-10-16(11-15)20-2)19-17(21)18-12-14-7-4-3-5-8-14/h3-11,13H,12H2,1-2H3,(H2,18,19,21). The largest absolute Gasteiger partial charge is 0.497 e. The Morgan fingerprint density at radius 2 is 1.90 bits per heavy atom. The summed E-state index contributed by atoms with van der Waals surface area (Å²) in [5.74, 6) is 0.851. The zero-order chi connectivity index (χ0) is 15.1. The van der Waals surface area contributed by atoms with Crippen LogP contribution in [0.3, 0.4) is 0 Å². The first-order valence-electron chi connectivity index (χ1n) is 6.91. The molecule has 0 saturated heterocycles. The van der Waals surface area contributed by atoms with E-state index in [2.05, 4.69) is 35.8 Å². The summed E-state index contributed by atoms with van der Waals surface area (Å²) in [5.41, 5.74) is 2.34. The minimum Gasteiger partial charge on any atom is -0.497 e. The molecule has 0 bridgehead atoms. The lowest BCUT2D eigenvalue weighted by Crippen LogP contribution is -2.36. The van der Waals surface area contributed by atoms with E-state index >= 15 is 0 Å². The normalized spacial score (nSPS) is 11.5. The first kappa shape index (κ1) is 15.3. The van der Waals surface area contributed by atoms with Crippen molar-refractivity contribution in [1.82, 2.24) is 10.6 Å². The molecule has 2 rings (SSSR count). The first-order chi connectivity index (χ1) is 10.2. The maximum Gasteiger partial charge on any atom is 0.167 e. The molecule has 2 aromatic rings. The molecule has 110 valence electrons. The summed E-state index contributed by atoms with van der Waals surface area (Å²) in [6, 6.07) is 18.3. The van der Waals surface area contributed by atoms with E-state index in [1.165, 1.54) is 5.56 Å². The van der Waals surface area contributed by atoms with Crippen LogP contribution in [0.15, 0.2) is 54.6 Å². The summed E-state index contributed by atoms with van der Waals surface area (Å²) in [6.45, 7) is 2.79. The molecule has 4 heteroatoms. The van der Waals surface area contributed by atoms with Crippen molar-refractivity contribution in [3.05, 3.63) is 65.7 Å². The average Bonchev–Trinajstić information content (AvgIpc) is 2.54. The van der Waals surface area contributed by atoms with Gasteiger partial charge in [0.25, 0.3) is 0 Å². The van der Waals surface area contributed by atoms with Crippen molar-refractivity contribution in [2.45, 2.75) is 19.5 Å². The average molecular weight is 300 g/mol. The predicted octanol–water partition coefficient (Wildman–Crippen LogP) is 3.42. The Hall–Kier alpha value is -2.07. The van der Waals surface area contributed by atoms with Crippen LogP contribution < -0.4 is 15.4 Å². The van der Waals surface area contributed by atoms with Crippen LogP contribution in [0.1, 0.15) is 24.1 Å². The van der Waals surface area contributed by atoms with E-state index < -0.39 is 0 Å². The van der Waals surface area contributed by atoms with Crippen LogP contribution in [0.5, 0.6) is 5.75 Å². The van der Waals surface area contributed by atoms with E-state index in [1.807, 2.05) is 36.4 Å². The first-order valence-corrected chi connectivity index (χ1v) is 7.32. The van der Waals surface area contributed by atoms with E-state index in [-0.39, 0.29) is 6.04 Å². The second-order valence-corrected chi connectivity index (χ2v) is 5.22. The Balaban J connectivity index is 1.87. The summed E-state index contributed by atoms with van der Waals surface area (Å²) in [5, 5.41) is 7.15. The number of rotatable bonds is 5. The smallest absolute Gasteiger partial charge is 0.167 e. The van der Waals surface area contributed by atoms with Crippen molar-refractivity contribution in [3.8, 4) is 5.75 Å². The molecule has 0 heterocycles. The molecule has 21 heavy (non-hydrogen) atoms. The molecule has 0 spiro atoms. The van der Waals surface area contributed by atoms with Gasteiger partial charge in [-0.3, -0.25) is 0 Å². The van der Waals surface area contributed by atoms with Gasteiger partial charge < -0.3 is 15.4 Å². The molecule has 1 unspecified atom stereocenters. The van der Waals surface area contributed by atoms with Crippen LogP contribution in [0.4, 0.5) is 0 Å². The van der Waals surface area contributed by atoms with Crippen molar-refractivity contribution in [2.75, 3.05) is 7.11 Å². The predicted molar refractivity (Wildman–Crippen MR) is 90.4 cm³/mol. The van der Waals surface area contributed by atoms with Gasteiger partial charge in [0, 0.05) is 6.54 Å². The zero-order valence-corrected chi connectivity index (χ0v) is 13.1. The van der Waals surface area contributed by atoms with Gasteiger partial charge in [0.15, 0.2) is 5.11 Å². The molecule has 0 radical (unpaired) electrons. The van der Waals surface area contributed by atoms with E-state index in [9.17, 15) is 0 Å². The molecule has 3 nitrogen and oxygen atoms in total. The summed E-state index contributed by atoms with van der Waals surface area (Å²) < 4.78 is 5.24.